The van der Waals surface area contributed by atoms with E-state index in [1.807, 2.05) is 48.9 Å². The van der Waals surface area contributed by atoms with Gasteiger partial charge in [-0.25, -0.2) is 0 Å². The average Bonchev–Trinajstić information content (AvgIpc) is 3.18. The van der Waals surface area contributed by atoms with E-state index in [2.05, 4.69) is 20.8 Å². The third-order valence-electron chi connectivity index (χ3n) is 4.99. The van der Waals surface area contributed by atoms with Crippen LogP contribution in [0.1, 0.15) is 42.5 Å². The van der Waals surface area contributed by atoms with Crippen LogP contribution in [-0.2, 0) is 4.79 Å². The van der Waals surface area contributed by atoms with Gasteiger partial charge in [-0.2, -0.15) is 11.8 Å². The summed E-state index contributed by atoms with van der Waals surface area (Å²) in [5.41, 5.74) is 0.967. The van der Waals surface area contributed by atoms with Crippen molar-refractivity contribution >= 4 is 52.4 Å². The van der Waals surface area contributed by atoms with Crippen molar-refractivity contribution in [2.45, 2.75) is 32.4 Å². The molecule has 2 aromatic heterocycles. The second-order valence-electron chi connectivity index (χ2n) is 7.65. The van der Waals surface area contributed by atoms with Crippen LogP contribution in [0.2, 0.25) is 10.0 Å². The fourth-order valence-corrected chi connectivity index (χ4v) is 4.25. The first-order valence-corrected chi connectivity index (χ1v) is 12.3. The molecule has 1 aromatic carbocycles. The van der Waals surface area contributed by atoms with E-state index in [1.54, 1.807) is 23.9 Å². The van der Waals surface area contributed by atoms with Gasteiger partial charge in [-0.1, -0.05) is 43.1 Å². The van der Waals surface area contributed by atoms with Crippen LogP contribution in [0.25, 0.3) is 5.65 Å². The maximum Gasteiger partial charge on any atom is 0.253 e. The Morgan fingerprint density at radius 1 is 1.12 bits per heavy atom. The second kappa shape index (κ2) is 11.0. The molecule has 32 heavy (non-hydrogen) atoms. The van der Waals surface area contributed by atoms with E-state index in [-0.39, 0.29) is 28.5 Å². The molecule has 3 aromatic rings. The zero-order valence-corrected chi connectivity index (χ0v) is 20.3. The minimum absolute atomic E-state index is 0.152. The molecule has 2 atom stereocenters. The number of amides is 2. The van der Waals surface area contributed by atoms with Crippen LogP contribution in [0.3, 0.4) is 0 Å². The highest BCUT2D eigenvalue weighted by Gasteiger charge is 2.29. The lowest BCUT2D eigenvalue weighted by Crippen LogP contribution is -2.50. The highest BCUT2D eigenvalue weighted by molar-refractivity contribution is 7.98. The molecule has 0 saturated heterocycles. The number of nitrogens with zero attached hydrogens (tertiary/aromatic N) is 3. The highest BCUT2D eigenvalue weighted by Crippen LogP contribution is 2.22. The molecule has 3 rings (SSSR count). The standard InChI is InChI=1S/C22H25Cl2N5O2S/c1-13(2)19(26-21(30)15-8-7-14(23)12-16(15)24)22(31)25-17(9-11-32-3)20-28-27-18-6-4-5-10-29(18)20/h4-8,10,12-13,17,19H,9,11H2,1-3H3,(H,25,31)(H,26,30)/t17-,19+/m1/s1. The summed E-state index contributed by atoms with van der Waals surface area (Å²) in [5, 5.41) is 15.0. The number of benzene rings is 1. The first kappa shape index (κ1) is 24.4. The van der Waals surface area contributed by atoms with E-state index >= 15 is 0 Å². The van der Waals surface area contributed by atoms with Gasteiger partial charge in [0, 0.05) is 11.2 Å². The molecule has 0 saturated carbocycles. The summed E-state index contributed by atoms with van der Waals surface area (Å²) in [6.45, 7) is 3.74. The van der Waals surface area contributed by atoms with Crippen molar-refractivity contribution in [3.63, 3.8) is 0 Å². The minimum atomic E-state index is -0.759. The van der Waals surface area contributed by atoms with Gasteiger partial charge < -0.3 is 10.6 Å². The van der Waals surface area contributed by atoms with Gasteiger partial charge in [-0.3, -0.25) is 14.0 Å². The maximum atomic E-state index is 13.3. The summed E-state index contributed by atoms with van der Waals surface area (Å²) >= 11 is 13.8. The molecular formula is C22H25Cl2N5O2S. The van der Waals surface area contributed by atoms with Gasteiger partial charge in [0.2, 0.25) is 5.91 Å². The van der Waals surface area contributed by atoms with Gasteiger partial charge in [0.1, 0.15) is 6.04 Å². The van der Waals surface area contributed by atoms with Crippen LogP contribution in [0.5, 0.6) is 0 Å². The van der Waals surface area contributed by atoms with Crippen LogP contribution in [0.4, 0.5) is 0 Å². The smallest absolute Gasteiger partial charge is 0.253 e. The van der Waals surface area contributed by atoms with Gasteiger partial charge in [0.25, 0.3) is 5.91 Å². The second-order valence-corrected chi connectivity index (χ2v) is 9.48. The SMILES string of the molecule is CSCC[C@@H](NC(=O)[C@@H](NC(=O)c1ccc(Cl)cc1Cl)C(C)C)c1nnc2ccccn12. The fraction of sp³-hybridized carbons (Fsp3) is 0.364. The minimum Gasteiger partial charge on any atom is -0.344 e. The van der Waals surface area contributed by atoms with E-state index in [4.69, 9.17) is 23.2 Å². The Morgan fingerprint density at radius 3 is 2.59 bits per heavy atom. The summed E-state index contributed by atoms with van der Waals surface area (Å²) in [6.07, 6.45) is 4.55. The predicted molar refractivity (Wildman–Crippen MR) is 129 cm³/mol. The van der Waals surface area contributed by atoms with Gasteiger partial charge in [-0.05, 0) is 54.7 Å². The summed E-state index contributed by atoms with van der Waals surface area (Å²) < 4.78 is 1.86. The normalized spacial score (nSPS) is 13.2. The molecule has 2 amide bonds. The molecule has 0 spiro atoms. The fourth-order valence-electron chi connectivity index (χ4n) is 3.29. The van der Waals surface area contributed by atoms with Crippen molar-refractivity contribution in [2.75, 3.05) is 12.0 Å². The molecule has 0 aliphatic rings. The third kappa shape index (κ3) is 5.74. The van der Waals surface area contributed by atoms with Crippen molar-refractivity contribution in [3.05, 3.63) is 64.0 Å². The van der Waals surface area contributed by atoms with E-state index < -0.39 is 11.9 Å². The molecule has 0 aliphatic carbocycles. The maximum absolute atomic E-state index is 13.3. The first-order chi connectivity index (χ1) is 15.3. The number of hydrogen-bond donors (Lipinski definition) is 2. The van der Waals surface area contributed by atoms with Crippen molar-refractivity contribution in [3.8, 4) is 0 Å². The molecule has 2 N–H and O–H groups in total. The average molecular weight is 494 g/mol. The summed E-state index contributed by atoms with van der Waals surface area (Å²) in [5.74, 6) is 0.594. The third-order valence-corrected chi connectivity index (χ3v) is 6.18. The Morgan fingerprint density at radius 2 is 1.91 bits per heavy atom. The molecule has 7 nitrogen and oxygen atoms in total. The first-order valence-electron chi connectivity index (χ1n) is 10.2. The Balaban J connectivity index is 1.81. The monoisotopic (exact) mass is 493 g/mol. The number of pyridine rings is 1. The van der Waals surface area contributed by atoms with Gasteiger partial charge >= 0.3 is 0 Å². The summed E-state index contributed by atoms with van der Waals surface area (Å²) in [6, 6.07) is 9.14. The van der Waals surface area contributed by atoms with Gasteiger partial charge in [0.05, 0.1) is 16.6 Å². The predicted octanol–water partition coefficient (Wildman–Crippen LogP) is 4.40. The van der Waals surface area contributed by atoms with Crippen LogP contribution < -0.4 is 10.6 Å². The topological polar surface area (TPSA) is 88.4 Å². The Bertz CT molecular complexity index is 1100. The summed E-state index contributed by atoms with van der Waals surface area (Å²) in [4.78, 5) is 26.1. The van der Waals surface area contributed by atoms with E-state index in [1.165, 1.54) is 6.07 Å². The largest absolute Gasteiger partial charge is 0.344 e. The van der Waals surface area contributed by atoms with Crippen LogP contribution in [-0.4, -0.2) is 44.5 Å². The van der Waals surface area contributed by atoms with Crippen LogP contribution in [0.15, 0.2) is 42.6 Å². The molecule has 0 radical (unpaired) electrons. The number of rotatable bonds is 9. The molecule has 0 unspecified atom stereocenters. The molecule has 0 fully saturated rings. The zero-order chi connectivity index (χ0) is 23.3. The lowest BCUT2D eigenvalue weighted by molar-refractivity contribution is -0.124. The Kier molecular flexibility index (Phi) is 8.39. The van der Waals surface area contributed by atoms with Crippen LogP contribution >= 0.6 is 35.0 Å². The van der Waals surface area contributed by atoms with Gasteiger partial charge in [-0.15, -0.1) is 10.2 Å². The summed E-state index contributed by atoms with van der Waals surface area (Å²) in [7, 11) is 0. The molecule has 2 heterocycles. The van der Waals surface area contributed by atoms with Crippen molar-refractivity contribution in [1.29, 1.82) is 0 Å². The molecule has 10 heteroatoms. The van der Waals surface area contributed by atoms with Crippen molar-refractivity contribution in [1.82, 2.24) is 25.2 Å². The number of carbonyl (C=O) groups excluding carboxylic acids is 2. The number of carbonyl (C=O) groups is 2. The number of aromatic nitrogens is 3. The van der Waals surface area contributed by atoms with E-state index in [9.17, 15) is 9.59 Å². The number of hydrogen-bond acceptors (Lipinski definition) is 5. The number of halogens is 2. The lowest BCUT2D eigenvalue weighted by Gasteiger charge is -2.25. The van der Waals surface area contributed by atoms with Crippen molar-refractivity contribution < 1.29 is 9.59 Å². The zero-order valence-electron chi connectivity index (χ0n) is 18.0. The molecule has 170 valence electrons. The quantitative estimate of drug-likeness (QED) is 0.461. The molecule has 0 aliphatic heterocycles. The Hall–Kier alpha value is -2.29. The van der Waals surface area contributed by atoms with E-state index in [0.29, 0.717) is 22.9 Å². The van der Waals surface area contributed by atoms with Crippen molar-refractivity contribution in [2.24, 2.45) is 5.92 Å². The van der Waals surface area contributed by atoms with Gasteiger partial charge in [0.15, 0.2) is 11.5 Å². The number of fused-ring (bicyclic) bond motifs is 1. The number of thioether (sulfide) groups is 1. The highest BCUT2D eigenvalue weighted by atomic mass is 35.5. The lowest BCUT2D eigenvalue weighted by atomic mass is 10.0. The van der Waals surface area contributed by atoms with Crippen LogP contribution in [0, 0.1) is 5.92 Å². The van der Waals surface area contributed by atoms with E-state index in [0.717, 1.165) is 5.75 Å². The number of nitrogens with one attached hydrogen (secondary N) is 2. The molecular weight excluding hydrogens is 469 g/mol. The molecule has 0 bridgehead atoms. The Labute approximate surface area is 201 Å².